The Labute approximate surface area is 123 Å². The van der Waals surface area contributed by atoms with Gasteiger partial charge in [0.25, 0.3) is 0 Å². The zero-order chi connectivity index (χ0) is 19.8. The van der Waals surface area contributed by atoms with Crippen molar-refractivity contribution < 1.29 is 70.1 Å². The lowest BCUT2D eigenvalue weighted by Gasteiger charge is -2.33. The van der Waals surface area contributed by atoms with E-state index in [2.05, 4.69) is 4.74 Å². The molecule has 0 aromatic rings. The maximum Gasteiger partial charge on any atom is 0.464 e. The molecule has 0 amide bonds. The van der Waals surface area contributed by atoms with E-state index in [1.54, 1.807) is 0 Å². The van der Waals surface area contributed by atoms with E-state index in [4.69, 9.17) is 0 Å². The van der Waals surface area contributed by atoms with Crippen LogP contribution in [-0.4, -0.2) is 38.4 Å². The number of alkyl halides is 8. The van der Waals surface area contributed by atoms with E-state index in [0.717, 1.165) is 0 Å². The molecule has 24 heavy (non-hydrogen) atoms. The Hall–Kier alpha value is -1.39. The van der Waals surface area contributed by atoms with E-state index in [1.807, 2.05) is 4.74 Å². The monoisotopic (exact) mass is 410 g/mol. The molecule has 0 radical (unpaired) electrons. The van der Waals surface area contributed by atoms with Gasteiger partial charge in [0.1, 0.15) is 0 Å². The Bertz CT molecular complexity index is 597. The fourth-order valence-electron chi connectivity index (χ4n) is 0.796. The van der Waals surface area contributed by atoms with Gasteiger partial charge in [-0.25, -0.2) is 4.39 Å². The van der Waals surface area contributed by atoms with Crippen LogP contribution in [0.5, 0.6) is 0 Å². The molecule has 144 valence electrons. The summed E-state index contributed by atoms with van der Waals surface area (Å²) in [6.07, 6.45) is -17.2. The summed E-state index contributed by atoms with van der Waals surface area (Å²) in [7, 11) is -7.61. The van der Waals surface area contributed by atoms with Crippen molar-refractivity contribution in [1.29, 1.82) is 0 Å². The van der Waals surface area contributed by atoms with Crippen molar-refractivity contribution in [1.82, 2.24) is 0 Å². The molecule has 1 atom stereocenters. The van der Waals surface area contributed by atoms with Gasteiger partial charge in [0, 0.05) is 0 Å². The van der Waals surface area contributed by atoms with Crippen molar-refractivity contribution in [2.24, 2.45) is 0 Å². The molecule has 0 bridgehead atoms. The van der Waals surface area contributed by atoms with Crippen LogP contribution >= 0.6 is 0 Å². The molecular weight excluding hydrogens is 408 g/mol. The summed E-state index contributed by atoms with van der Waals surface area (Å²) >= 11 is 0. The molecule has 0 aromatic carbocycles. The molecule has 0 spiro atoms. The highest BCUT2D eigenvalue weighted by Crippen LogP contribution is 2.47. The van der Waals surface area contributed by atoms with E-state index in [1.165, 1.54) is 0 Å². The zero-order valence-corrected chi connectivity index (χ0v) is 11.1. The third-order valence-corrected chi connectivity index (χ3v) is 2.76. The van der Waals surface area contributed by atoms with Crippen molar-refractivity contribution in [3.05, 3.63) is 12.1 Å². The zero-order valence-electron chi connectivity index (χ0n) is 10.3. The van der Waals surface area contributed by atoms with Crippen LogP contribution in [0.3, 0.4) is 0 Å². The van der Waals surface area contributed by atoms with Gasteiger partial charge >= 0.3 is 45.6 Å². The molecule has 0 saturated heterocycles. The predicted octanol–water partition coefficient (Wildman–Crippen LogP) is 3.77. The second kappa shape index (κ2) is 6.49. The molecule has 4 nitrogen and oxygen atoms in total. The first-order chi connectivity index (χ1) is 10.3. The Kier molecular flexibility index (Phi) is 6.11. The summed E-state index contributed by atoms with van der Waals surface area (Å²) in [5.74, 6) is -6.13. The van der Waals surface area contributed by atoms with E-state index in [0.29, 0.717) is 0 Å². The molecule has 0 aromatic heterocycles. The molecule has 0 rings (SSSR count). The fourth-order valence-corrected chi connectivity index (χ4v) is 1.12. The highest BCUT2D eigenvalue weighted by Gasteiger charge is 2.75. The minimum absolute atomic E-state index is 1.96. The van der Waals surface area contributed by atoms with Gasteiger partial charge in [-0.2, -0.15) is 52.3 Å². The average Bonchev–Trinajstić information content (AvgIpc) is 2.35. The number of halogens is 12. The van der Waals surface area contributed by atoms with Crippen molar-refractivity contribution in [2.45, 2.75) is 23.3 Å². The van der Waals surface area contributed by atoms with Crippen LogP contribution in [-0.2, 0) is 19.7 Å². The quantitative estimate of drug-likeness (QED) is 0.348. The van der Waals surface area contributed by atoms with Crippen LogP contribution in [0, 0.1) is 0 Å². The normalized spacial score (nSPS) is 16.5. The Morgan fingerprint density at radius 3 is 1.58 bits per heavy atom. The van der Waals surface area contributed by atoms with Gasteiger partial charge < -0.3 is 4.74 Å². The summed E-state index contributed by atoms with van der Waals surface area (Å²) in [5, 5.41) is -7.01. The first-order valence-corrected chi connectivity index (χ1v) is 6.15. The largest absolute Gasteiger partial charge is 0.464 e. The first-order valence-electron chi connectivity index (χ1n) is 4.77. The van der Waals surface area contributed by atoms with Gasteiger partial charge in [0.15, 0.2) is 6.67 Å². The third-order valence-electron chi connectivity index (χ3n) is 1.91. The van der Waals surface area contributed by atoms with E-state index in [-0.39, 0.29) is 0 Å². The summed E-state index contributed by atoms with van der Waals surface area (Å²) in [6.45, 7) is -3.57. The Morgan fingerprint density at radius 2 is 1.29 bits per heavy atom. The number of ether oxygens (including phenoxy) is 2. The molecule has 1 unspecified atom stereocenters. The lowest BCUT2D eigenvalue weighted by molar-refractivity contribution is -0.457. The lowest BCUT2D eigenvalue weighted by Crippen LogP contribution is -2.58. The molecule has 0 heterocycles. The summed E-state index contributed by atoms with van der Waals surface area (Å²) < 4.78 is 173. The Balaban J connectivity index is 5.88. The third kappa shape index (κ3) is 4.17. The SMILES string of the molecule is O=S(=O)(F)C(F)(F)C(F)(F)OC(F)(CF)C(F)(F)OC(F)=C(F)F. The molecule has 0 aliphatic rings. The average molecular weight is 410 g/mol. The molecule has 0 aliphatic carbocycles. The van der Waals surface area contributed by atoms with Crippen molar-refractivity contribution >= 4 is 10.2 Å². The molecule has 0 aliphatic heterocycles. The Morgan fingerprint density at radius 1 is 0.875 bits per heavy atom. The number of hydrogen-bond donors (Lipinski definition) is 0. The second-order valence-electron chi connectivity index (χ2n) is 3.59. The topological polar surface area (TPSA) is 52.6 Å². The lowest BCUT2D eigenvalue weighted by atomic mass is 10.3. The van der Waals surface area contributed by atoms with Crippen molar-refractivity contribution in [3.8, 4) is 0 Å². The van der Waals surface area contributed by atoms with Crippen LogP contribution < -0.4 is 0 Å². The van der Waals surface area contributed by atoms with E-state index < -0.39 is 52.3 Å². The summed E-state index contributed by atoms with van der Waals surface area (Å²) in [6, 6.07) is -3.63. The molecule has 0 N–H and O–H groups in total. The molecule has 0 saturated carbocycles. The maximum atomic E-state index is 13.3. The van der Waals surface area contributed by atoms with Gasteiger partial charge in [-0.1, -0.05) is 3.89 Å². The van der Waals surface area contributed by atoms with Crippen molar-refractivity contribution in [2.75, 3.05) is 6.67 Å². The van der Waals surface area contributed by atoms with Crippen LogP contribution in [0.4, 0.5) is 52.2 Å². The van der Waals surface area contributed by atoms with E-state index in [9.17, 15) is 60.6 Å². The van der Waals surface area contributed by atoms with Crippen LogP contribution in [0.25, 0.3) is 0 Å². The predicted molar refractivity (Wildman–Crippen MR) is 47.2 cm³/mol. The highest BCUT2D eigenvalue weighted by atomic mass is 32.3. The maximum absolute atomic E-state index is 13.3. The number of hydrogen-bond acceptors (Lipinski definition) is 4. The minimum atomic E-state index is -7.61. The molecule has 0 fully saturated rings. The number of rotatable bonds is 8. The second-order valence-corrected chi connectivity index (χ2v) is 4.98. The standard InChI is InChI=1S/C7H2F12O4S/c8-1-4(12,5(13,14)22-3(11)2(9)10)23-6(15,16)7(17,18)24(19,20)21/h1H2. The van der Waals surface area contributed by atoms with E-state index >= 15 is 0 Å². The van der Waals surface area contributed by atoms with Gasteiger partial charge in [0.2, 0.25) is 0 Å². The smallest absolute Gasteiger partial charge is 0.398 e. The molecule has 17 heteroatoms. The van der Waals surface area contributed by atoms with Crippen LogP contribution in [0.1, 0.15) is 0 Å². The van der Waals surface area contributed by atoms with Gasteiger partial charge in [0.05, 0.1) is 0 Å². The van der Waals surface area contributed by atoms with Gasteiger partial charge in [-0.3, -0.25) is 4.74 Å². The van der Waals surface area contributed by atoms with Gasteiger partial charge in [-0.15, -0.1) is 0 Å². The first kappa shape index (κ1) is 22.6. The highest BCUT2D eigenvalue weighted by molar-refractivity contribution is 7.87. The minimum Gasteiger partial charge on any atom is -0.398 e. The summed E-state index contributed by atoms with van der Waals surface area (Å²) in [5.41, 5.74) is 0. The van der Waals surface area contributed by atoms with Crippen LogP contribution in [0.15, 0.2) is 12.1 Å². The molecular formula is C7H2F12O4S. The fraction of sp³-hybridized carbons (Fsp3) is 0.714. The van der Waals surface area contributed by atoms with Gasteiger partial charge in [-0.05, 0) is 0 Å². The van der Waals surface area contributed by atoms with Crippen molar-refractivity contribution in [3.63, 3.8) is 0 Å². The summed E-state index contributed by atoms with van der Waals surface area (Å²) in [4.78, 5) is 0. The van der Waals surface area contributed by atoms with Crippen LogP contribution in [0.2, 0.25) is 0 Å².